The molecule has 1 N–H and O–H groups in total. The van der Waals surface area contributed by atoms with Crippen LogP contribution in [0.15, 0.2) is 34.7 Å². The van der Waals surface area contributed by atoms with Crippen molar-refractivity contribution in [2.24, 2.45) is 0 Å². The topological polar surface area (TPSA) is 64.1 Å². The van der Waals surface area contributed by atoms with Crippen molar-refractivity contribution in [3.8, 4) is 5.75 Å². The number of carbonyl (C=O) groups excluding carboxylic acids is 1. The van der Waals surface area contributed by atoms with Crippen LogP contribution >= 0.6 is 23.1 Å². The van der Waals surface area contributed by atoms with Crippen molar-refractivity contribution in [1.29, 1.82) is 0 Å². The lowest BCUT2D eigenvalue weighted by molar-refractivity contribution is -0.122. The Labute approximate surface area is 132 Å². The number of carbonyl (C=O) groups is 1. The third kappa shape index (κ3) is 5.02. The van der Waals surface area contributed by atoms with Crippen molar-refractivity contribution in [2.45, 2.75) is 36.5 Å². The fraction of sp³-hybridized carbons (Fsp3) is 0.357. The number of thioether (sulfide) groups is 1. The zero-order valence-corrected chi connectivity index (χ0v) is 13.7. The highest BCUT2D eigenvalue weighted by Crippen LogP contribution is 2.28. The highest BCUT2D eigenvalue weighted by molar-refractivity contribution is 8.01. The Morgan fingerprint density at radius 2 is 1.95 bits per heavy atom. The number of nitrogens with zero attached hydrogens (tertiary/aromatic N) is 2. The Bertz CT molecular complexity index is 587. The van der Waals surface area contributed by atoms with Crippen LogP contribution in [0.3, 0.4) is 0 Å². The van der Waals surface area contributed by atoms with Gasteiger partial charge in [0.1, 0.15) is 5.75 Å². The highest BCUT2D eigenvalue weighted by Gasteiger charge is 2.17. The SMILES string of the molecule is CC(C)Sc1nnc(NC(=O)C(C)Oc2ccccc2)s1. The number of nitrogens with one attached hydrogen (secondary N) is 1. The van der Waals surface area contributed by atoms with Gasteiger partial charge < -0.3 is 4.74 Å². The number of hydrogen-bond acceptors (Lipinski definition) is 6. The van der Waals surface area contributed by atoms with Crippen molar-refractivity contribution in [3.63, 3.8) is 0 Å². The molecule has 0 aliphatic carbocycles. The fourth-order valence-electron chi connectivity index (χ4n) is 1.47. The Balaban J connectivity index is 1.90. The standard InChI is InChI=1S/C14H17N3O2S2/c1-9(2)20-14-17-16-13(21-14)15-12(18)10(3)19-11-7-5-4-6-8-11/h4-10H,1-3H3,(H,15,16,18). The van der Waals surface area contributed by atoms with Gasteiger partial charge in [-0.3, -0.25) is 10.1 Å². The van der Waals surface area contributed by atoms with Crippen LogP contribution in [0.2, 0.25) is 0 Å². The lowest BCUT2D eigenvalue weighted by Gasteiger charge is -2.13. The van der Waals surface area contributed by atoms with Gasteiger partial charge in [0, 0.05) is 5.25 Å². The molecule has 0 saturated carbocycles. The van der Waals surface area contributed by atoms with E-state index in [9.17, 15) is 4.79 Å². The number of rotatable bonds is 6. The van der Waals surface area contributed by atoms with Crippen molar-refractivity contribution in [2.75, 3.05) is 5.32 Å². The Hall–Kier alpha value is -1.60. The van der Waals surface area contributed by atoms with E-state index in [2.05, 4.69) is 29.4 Å². The molecular weight excluding hydrogens is 306 g/mol. The number of aromatic nitrogens is 2. The summed E-state index contributed by atoms with van der Waals surface area (Å²) in [5.41, 5.74) is 0. The van der Waals surface area contributed by atoms with Gasteiger partial charge in [-0.05, 0) is 19.1 Å². The maximum Gasteiger partial charge on any atom is 0.266 e. The van der Waals surface area contributed by atoms with Gasteiger partial charge in [0.15, 0.2) is 10.4 Å². The lowest BCUT2D eigenvalue weighted by Crippen LogP contribution is -2.30. The number of benzene rings is 1. The van der Waals surface area contributed by atoms with Crippen molar-refractivity contribution in [1.82, 2.24) is 10.2 Å². The molecule has 0 aliphatic rings. The minimum absolute atomic E-state index is 0.240. The third-order valence-electron chi connectivity index (χ3n) is 2.40. The Kier molecular flexibility index (Phi) is 5.58. The highest BCUT2D eigenvalue weighted by atomic mass is 32.2. The summed E-state index contributed by atoms with van der Waals surface area (Å²) in [6, 6.07) is 9.24. The van der Waals surface area contributed by atoms with Crippen LogP contribution in [0.1, 0.15) is 20.8 Å². The molecule has 0 saturated heterocycles. The molecule has 1 heterocycles. The van der Waals surface area contributed by atoms with E-state index in [1.807, 2.05) is 30.3 Å². The van der Waals surface area contributed by atoms with E-state index in [0.29, 0.717) is 16.1 Å². The van der Waals surface area contributed by atoms with E-state index in [0.717, 1.165) is 4.34 Å². The van der Waals surface area contributed by atoms with E-state index in [1.54, 1.807) is 18.7 Å². The summed E-state index contributed by atoms with van der Waals surface area (Å²) in [6.07, 6.45) is -0.600. The van der Waals surface area contributed by atoms with Crippen LogP contribution in [0.4, 0.5) is 5.13 Å². The van der Waals surface area contributed by atoms with Crippen LogP contribution in [-0.4, -0.2) is 27.5 Å². The minimum atomic E-state index is -0.600. The van der Waals surface area contributed by atoms with Crippen LogP contribution < -0.4 is 10.1 Å². The molecule has 0 fully saturated rings. The van der Waals surface area contributed by atoms with Gasteiger partial charge in [-0.1, -0.05) is 55.1 Å². The van der Waals surface area contributed by atoms with Gasteiger partial charge in [0.2, 0.25) is 5.13 Å². The maximum absolute atomic E-state index is 12.0. The van der Waals surface area contributed by atoms with Crippen LogP contribution in [0.25, 0.3) is 0 Å². The predicted octanol–water partition coefficient (Wildman–Crippen LogP) is 3.44. The fourth-order valence-corrected chi connectivity index (χ4v) is 3.45. The number of para-hydroxylation sites is 1. The lowest BCUT2D eigenvalue weighted by atomic mass is 10.3. The number of anilines is 1. The molecule has 2 rings (SSSR count). The zero-order valence-electron chi connectivity index (χ0n) is 12.1. The summed E-state index contributed by atoms with van der Waals surface area (Å²) in [4.78, 5) is 12.0. The quantitative estimate of drug-likeness (QED) is 0.651. The molecule has 0 spiro atoms. The molecule has 0 aliphatic heterocycles. The minimum Gasteiger partial charge on any atom is -0.481 e. The van der Waals surface area contributed by atoms with E-state index in [1.165, 1.54) is 11.3 Å². The number of hydrogen-bond donors (Lipinski definition) is 1. The first-order valence-corrected chi connectivity index (χ1v) is 8.27. The molecular formula is C14H17N3O2S2. The molecule has 21 heavy (non-hydrogen) atoms. The van der Waals surface area contributed by atoms with E-state index in [4.69, 9.17) is 4.74 Å². The van der Waals surface area contributed by atoms with Crippen LogP contribution in [-0.2, 0) is 4.79 Å². The largest absolute Gasteiger partial charge is 0.481 e. The summed E-state index contributed by atoms with van der Waals surface area (Å²) in [6.45, 7) is 5.87. The molecule has 0 radical (unpaired) electrons. The molecule has 1 atom stereocenters. The predicted molar refractivity (Wildman–Crippen MR) is 86.1 cm³/mol. The van der Waals surface area contributed by atoms with E-state index >= 15 is 0 Å². The van der Waals surface area contributed by atoms with Gasteiger partial charge in [-0.2, -0.15) is 0 Å². The summed E-state index contributed by atoms with van der Waals surface area (Å²) < 4.78 is 6.40. The summed E-state index contributed by atoms with van der Waals surface area (Å²) in [5, 5.41) is 11.6. The second-order valence-corrected chi connectivity index (χ2v) is 7.40. The first-order chi connectivity index (χ1) is 10.0. The van der Waals surface area contributed by atoms with Crippen LogP contribution in [0.5, 0.6) is 5.75 Å². The summed E-state index contributed by atoms with van der Waals surface area (Å²) in [7, 11) is 0. The first-order valence-electron chi connectivity index (χ1n) is 6.57. The molecule has 0 bridgehead atoms. The summed E-state index contributed by atoms with van der Waals surface area (Å²) in [5.74, 6) is 0.421. The monoisotopic (exact) mass is 323 g/mol. The number of amides is 1. The molecule has 1 unspecified atom stereocenters. The van der Waals surface area contributed by atoms with Crippen molar-refractivity contribution in [3.05, 3.63) is 30.3 Å². The first kappa shape index (κ1) is 15.8. The second-order valence-electron chi connectivity index (χ2n) is 4.60. The molecule has 1 aromatic carbocycles. The smallest absolute Gasteiger partial charge is 0.266 e. The molecule has 5 nitrogen and oxygen atoms in total. The average molecular weight is 323 g/mol. The second kappa shape index (κ2) is 7.42. The molecule has 1 amide bonds. The van der Waals surface area contributed by atoms with E-state index < -0.39 is 6.10 Å². The van der Waals surface area contributed by atoms with Gasteiger partial charge in [-0.15, -0.1) is 10.2 Å². The Morgan fingerprint density at radius 3 is 2.62 bits per heavy atom. The zero-order chi connectivity index (χ0) is 15.2. The third-order valence-corrected chi connectivity index (χ3v) is 4.33. The van der Waals surface area contributed by atoms with Crippen molar-refractivity contribution >= 4 is 34.1 Å². The number of ether oxygens (including phenoxy) is 1. The Morgan fingerprint density at radius 1 is 1.24 bits per heavy atom. The molecule has 7 heteroatoms. The van der Waals surface area contributed by atoms with Gasteiger partial charge >= 0.3 is 0 Å². The normalized spacial score (nSPS) is 12.2. The van der Waals surface area contributed by atoms with Gasteiger partial charge in [-0.25, -0.2) is 0 Å². The maximum atomic E-state index is 12.0. The average Bonchev–Trinajstić information content (AvgIpc) is 2.86. The van der Waals surface area contributed by atoms with Crippen molar-refractivity contribution < 1.29 is 9.53 Å². The summed E-state index contributed by atoms with van der Waals surface area (Å²) >= 11 is 2.99. The molecule has 112 valence electrons. The molecule has 1 aromatic heterocycles. The van der Waals surface area contributed by atoms with Crippen LogP contribution in [0, 0.1) is 0 Å². The van der Waals surface area contributed by atoms with Gasteiger partial charge in [0.05, 0.1) is 0 Å². The van der Waals surface area contributed by atoms with E-state index in [-0.39, 0.29) is 5.91 Å². The molecule has 2 aromatic rings. The van der Waals surface area contributed by atoms with Gasteiger partial charge in [0.25, 0.3) is 5.91 Å².